The fourth-order valence-electron chi connectivity index (χ4n) is 8.59. The molecule has 0 saturated heterocycles. The molecule has 11 rings (SSSR count). The van der Waals surface area contributed by atoms with Crippen LogP contribution in [0.15, 0.2) is 166 Å². The Morgan fingerprint density at radius 1 is 0.424 bits per heavy atom. The van der Waals surface area contributed by atoms with Crippen LogP contribution >= 0.6 is 0 Å². The number of nitrogens with zero attached hydrogens (tertiary/aromatic N) is 8. The summed E-state index contributed by atoms with van der Waals surface area (Å²) in [5, 5.41) is 7.86. The highest BCUT2D eigenvalue weighted by atomic mass is 28.4. The topological polar surface area (TPSA) is 103 Å². The van der Waals surface area contributed by atoms with E-state index in [2.05, 4.69) is 153 Å². The molecule has 0 atom stereocenters. The lowest BCUT2D eigenvalue weighted by Gasteiger charge is -2.26. The van der Waals surface area contributed by atoms with Crippen LogP contribution in [0.3, 0.4) is 0 Å². The van der Waals surface area contributed by atoms with Gasteiger partial charge in [0.25, 0.3) is 25.2 Å². The SMILES string of the molecule is C[Si]1(C)N=c2cccc(N(c3ccc(-c4ccc(-c5nc6ccccc6o5)cc4)c4c3=N[Si](C)(C)N=4)c3ccc(-c4ccc5ccccc5c4)c4c3=N[Si](C)(C)N=4)c2=N1. The van der Waals surface area contributed by atoms with Crippen molar-refractivity contribution in [3.05, 3.63) is 166 Å². The first kappa shape index (κ1) is 35.7. The Labute approximate surface area is 343 Å². The lowest BCUT2D eigenvalue weighted by atomic mass is 9.99. The van der Waals surface area contributed by atoms with Crippen molar-refractivity contribution in [2.75, 3.05) is 4.90 Å². The Bertz CT molecular complexity index is 3480. The fourth-order valence-corrected chi connectivity index (χ4v) is 13.4. The van der Waals surface area contributed by atoms with Crippen molar-refractivity contribution in [3.63, 3.8) is 0 Å². The van der Waals surface area contributed by atoms with Gasteiger partial charge in [0, 0.05) is 16.7 Å². The number of benzene rings is 7. The van der Waals surface area contributed by atoms with Crippen molar-refractivity contribution < 1.29 is 4.42 Å². The van der Waals surface area contributed by atoms with E-state index in [0.29, 0.717) is 5.89 Å². The molecule has 0 fully saturated rings. The summed E-state index contributed by atoms with van der Waals surface area (Å²) in [6.45, 7) is 13.2. The van der Waals surface area contributed by atoms with E-state index in [1.807, 2.05) is 24.3 Å². The van der Waals surface area contributed by atoms with E-state index in [1.54, 1.807) is 0 Å². The van der Waals surface area contributed by atoms with Crippen LogP contribution in [0.1, 0.15) is 0 Å². The predicted molar refractivity (Wildman–Crippen MR) is 242 cm³/mol. The molecule has 0 unspecified atom stereocenters. The van der Waals surface area contributed by atoms with E-state index in [4.69, 9.17) is 37.3 Å². The van der Waals surface area contributed by atoms with Crippen LogP contribution in [0, 0.1) is 0 Å². The number of oxazole rings is 1. The molecule has 1 aromatic heterocycles. The number of fused-ring (bicyclic) bond motifs is 5. The first-order valence-corrected chi connectivity index (χ1v) is 28.7. The van der Waals surface area contributed by atoms with E-state index in [-0.39, 0.29) is 0 Å². The van der Waals surface area contributed by atoms with Gasteiger partial charge in [-0.15, -0.1) is 0 Å². The van der Waals surface area contributed by atoms with Gasteiger partial charge in [0.05, 0.1) is 49.2 Å². The highest BCUT2D eigenvalue weighted by molar-refractivity contribution is 6.75. The van der Waals surface area contributed by atoms with Gasteiger partial charge in [-0.1, -0.05) is 78.9 Å². The van der Waals surface area contributed by atoms with Gasteiger partial charge in [0.2, 0.25) is 5.89 Å². The molecule has 12 heteroatoms. The fraction of sp³-hybridized carbons (Fsp3) is 0.128. The molecule has 7 aromatic carbocycles. The molecule has 0 N–H and O–H groups in total. The van der Waals surface area contributed by atoms with Crippen molar-refractivity contribution in [2.24, 2.45) is 27.9 Å². The maximum absolute atomic E-state index is 6.10. The number of aromatic nitrogens is 1. The Morgan fingerprint density at radius 3 is 1.66 bits per heavy atom. The van der Waals surface area contributed by atoms with Crippen LogP contribution in [-0.2, 0) is 0 Å². The van der Waals surface area contributed by atoms with Crippen molar-refractivity contribution >= 4 is 64.1 Å². The van der Waals surface area contributed by atoms with E-state index < -0.39 is 25.2 Å². The van der Waals surface area contributed by atoms with Crippen LogP contribution in [-0.4, -0.2) is 30.2 Å². The third-order valence-corrected chi connectivity index (χ3v) is 15.7. The third kappa shape index (κ3) is 6.05. The molecule has 286 valence electrons. The minimum Gasteiger partial charge on any atom is -0.436 e. The normalized spacial score (nSPS) is 16.2. The van der Waals surface area contributed by atoms with Crippen molar-refractivity contribution in [2.45, 2.75) is 39.3 Å². The summed E-state index contributed by atoms with van der Waals surface area (Å²) < 4.78 is 38.4. The molecule has 0 spiro atoms. The predicted octanol–water partition coefficient (Wildman–Crippen LogP) is 8.32. The molecule has 59 heavy (non-hydrogen) atoms. The Morgan fingerprint density at radius 2 is 0.966 bits per heavy atom. The van der Waals surface area contributed by atoms with Gasteiger partial charge in [-0.3, -0.25) is 27.9 Å². The molecular formula is C47H40N8OSi3. The first-order chi connectivity index (χ1) is 28.4. The monoisotopic (exact) mass is 816 g/mol. The van der Waals surface area contributed by atoms with Gasteiger partial charge in [-0.2, -0.15) is 0 Å². The Hall–Kier alpha value is -6.48. The summed E-state index contributed by atoms with van der Waals surface area (Å²) in [6.07, 6.45) is 0. The smallest absolute Gasteiger partial charge is 0.298 e. The lowest BCUT2D eigenvalue weighted by Crippen LogP contribution is -2.38. The molecule has 4 heterocycles. The van der Waals surface area contributed by atoms with Gasteiger partial charge < -0.3 is 9.32 Å². The summed E-state index contributed by atoms with van der Waals surface area (Å²) in [5.41, 5.74) is 9.65. The van der Waals surface area contributed by atoms with Gasteiger partial charge >= 0.3 is 0 Å². The second-order valence-electron chi connectivity index (χ2n) is 16.9. The van der Waals surface area contributed by atoms with Crippen molar-refractivity contribution in [1.29, 1.82) is 0 Å². The number of rotatable bonds is 6. The van der Waals surface area contributed by atoms with Gasteiger partial charge in [-0.05, 0) is 116 Å². The minimum absolute atomic E-state index is 0.600. The number of para-hydroxylation sites is 2. The molecule has 8 aromatic rings. The van der Waals surface area contributed by atoms with Gasteiger partial charge in [0.1, 0.15) is 5.52 Å². The van der Waals surface area contributed by atoms with E-state index in [0.717, 1.165) is 88.1 Å². The second-order valence-corrected chi connectivity index (χ2v) is 27.2. The second kappa shape index (κ2) is 12.8. The van der Waals surface area contributed by atoms with Crippen LogP contribution < -0.4 is 37.0 Å². The Balaban J connectivity index is 1.13. The molecule has 0 aliphatic carbocycles. The highest BCUT2D eigenvalue weighted by Crippen LogP contribution is 2.33. The molecule has 0 bridgehead atoms. The van der Waals surface area contributed by atoms with Crippen LogP contribution in [0.4, 0.5) is 17.1 Å². The number of hydrogen-bond donors (Lipinski definition) is 0. The van der Waals surface area contributed by atoms with Crippen LogP contribution in [0.25, 0.3) is 55.6 Å². The van der Waals surface area contributed by atoms with Crippen LogP contribution in [0.5, 0.6) is 0 Å². The Kier molecular flexibility index (Phi) is 7.71. The molecule has 3 aliphatic rings. The zero-order valence-electron chi connectivity index (χ0n) is 33.7. The molecule has 9 nitrogen and oxygen atoms in total. The minimum atomic E-state index is -2.41. The summed E-state index contributed by atoms with van der Waals surface area (Å²) in [7, 11) is -7.02. The molecule has 0 amide bonds. The maximum Gasteiger partial charge on any atom is 0.298 e. The van der Waals surface area contributed by atoms with E-state index in [9.17, 15) is 0 Å². The largest absolute Gasteiger partial charge is 0.436 e. The van der Waals surface area contributed by atoms with Gasteiger partial charge in [-0.25, -0.2) is 4.98 Å². The molecule has 0 saturated carbocycles. The quantitative estimate of drug-likeness (QED) is 0.158. The summed E-state index contributed by atoms with van der Waals surface area (Å²) in [6, 6.07) is 46.6. The maximum atomic E-state index is 6.10. The molecule has 0 radical (unpaired) electrons. The molecular weight excluding hydrogens is 777 g/mol. The summed E-state index contributed by atoms with van der Waals surface area (Å²) in [4.78, 5) is 7.05. The lowest BCUT2D eigenvalue weighted by molar-refractivity contribution is 0.620. The first-order valence-electron chi connectivity index (χ1n) is 20.0. The van der Waals surface area contributed by atoms with Gasteiger partial charge in [0.15, 0.2) is 5.58 Å². The number of hydrogen-bond acceptors (Lipinski definition) is 9. The summed E-state index contributed by atoms with van der Waals surface area (Å²) >= 11 is 0. The molecule has 3 aliphatic heterocycles. The zero-order chi connectivity index (χ0) is 40.3. The van der Waals surface area contributed by atoms with E-state index >= 15 is 0 Å². The van der Waals surface area contributed by atoms with Crippen molar-refractivity contribution in [1.82, 2.24) is 4.98 Å². The average molecular weight is 817 g/mol. The number of anilines is 3. The van der Waals surface area contributed by atoms with Crippen LogP contribution in [0.2, 0.25) is 39.3 Å². The zero-order valence-corrected chi connectivity index (χ0v) is 36.7. The standard InChI is InChI=1S/C47H40N8OSi3/c1-57(2)49-37-15-11-16-38(44(37)52-57)55(40-27-25-35(43-46(40)54-59(5,6)51-43)33-23-18-29-12-7-8-13-32(29)28-33)39-26-24-34(42-45(39)53-58(3,4)50-42)30-19-21-31(22-20-30)47-48-36-14-9-10-17-41(36)56-47/h7-28H,1-6H3. The van der Waals surface area contributed by atoms with E-state index in [1.165, 1.54) is 10.8 Å². The summed E-state index contributed by atoms with van der Waals surface area (Å²) in [5.74, 6) is 0.600. The average Bonchev–Trinajstić information content (AvgIpc) is 3.97. The highest BCUT2D eigenvalue weighted by Gasteiger charge is 2.33. The third-order valence-electron chi connectivity index (χ3n) is 11.1. The van der Waals surface area contributed by atoms with Crippen molar-refractivity contribution in [3.8, 4) is 33.7 Å².